The summed E-state index contributed by atoms with van der Waals surface area (Å²) < 4.78 is 0. The maximum Gasteiger partial charge on any atom is 0.242 e. The molecule has 1 aliphatic heterocycles. The predicted molar refractivity (Wildman–Crippen MR) is 94.9 cm³/mol. The summed E-state index contributed by atoms with van der Waals surface area (Å²) >= 11 is 0. The summed E-state index contributed by atoms with van der Waals surface area (Å²) in [4.78, 5) is 17.5. The molecule has 0 N–H and O–H groups in total. The molecule has 2 aromatic carbocycles. The number of nitrogens with zero attached hydrogens (tertiary/aromatic N) is 2. The minimum absolute atomic E-state index is 0.203. The van der Waals surface area contributed by atoms with Crippen LogP contribution in [0.1, 0.15) is 24.5 Å². The lowest BCUT2D eigenvalue weighted by molar-refractivity contribution is -0.122. The van der Waals surface area contributed by atoms with Gasteiger partial charge in [0.1, 0.15) is 5.41 Å². The highest BCUT2D eigenvalue weighted by molar-refractivity contribution is 6.10. The van der Waals surface area contributed by atoms with Crippen LogP contribution in [0.5, 0.6) is 0 Å². The van der Waals surface area contributed by atoms with Gasteiger partial charge in [-0.3, -0.25) is 4.79 Å². The topological polar surface area (TPSA) is 23.6 Å². The summed E-state index contributed by atoms with van der Waals surface area (Å²) in [6, 6.07) is 18.4. The molecule has 1 atom stereocenters. The zero-order valence-electron chi connectivity index (χ0n) is 14.1. The molecule has 0 spiro atoms. The zero-order valence-corrected chi connectivity index (χ0v) is 14.1. The summed E-state index contributed by atoms with van der Waals surface area (Å²) in [5, 5.41) is 0. The van der Waals surface area contributed by atoms with E-state index in [4.69, 9.17) is 0 Å². The summed E-state index contributed by atoms with van der Waals surface area (Å²) in [5.74, 6) is 0.203. The van der Waals surface area contributed by atoms with Crippen molar-refractivity contribution in [1.82, 2.24) is 4.90 Å². The van der Waals surface area contributed by atoms with Gasteiger partial charge in [0.2, 0.25) is 5.91 Å². The van der Waals surface area contributed by atoms with Gasteiger partial charge in [-0.15, -0.1) is 0 Å². The number of hydrogen-bond acceptors (Lipinski definition) is 2. The number of likely N-dealkylation sites (N-methyl/N-ethyl adjacent to an activating group) is 1. The quantitative estimate of drug-likeness (QED) is 0.846. The first-order chi connectivity index (χ1) is 11.1. The van der Waals surface area contributed by atoms with Crippen LogP contribution in [0.2, 0.25) is 0 Å². The van der Waals surface area contributed by atoms with Gasteiger partial charge in [0.25, 0.3) is 0 Å². The van der Waals surface area contributed by atoms with E-state index in [1.54, 1.807) is 0 Å². The lowest BCUT2D eigenvalue weighted by atomic mass is 9.73. The Morgan fingerprint density at radius 3 is 2.30 bits per heavy atom. The van der Waals surface area contributed by atoms with Crippen LogP contribution in [0.3, 0.4) is 0 Å². The molecule has 3 rings (SSSR count). The Balaban J connectivity index is 2.13. The number of fused-ring (bicyclic) bond motifs is 1. The van der Waals surface area contributed by atoms with Crippen LogP contribution in [-0.4, -0.2) is 38.0 Å². The van der Waals surface area contributed by atoms with E-state index in [1.807, 2.05) is 49.3 Å². The summed E-state index contributed by atoms with van der Waals surface area (Å²) in [6.07, 6.45) is 0.769. The Morgan fingerprint density at radius 1 is 1.00 bits per heavy atom. The van der Waals surface area contributed by atoms with Gasteiger partial charge in [0.15, 0.2) is 0 Å². The Morgan fingerprint density at radius 2 is 1.65 bits per heavy atom. The third kappa shape index (κ3) is 2.45. The van der Waals surface area contributed by atoms with Crippen molar-refractivity contribution in [2.24, 2.45) is 0 Å². The van der Waals surface area contributed by atoms with Crippen LogP contribution in [-0.2, 0) is 10.2 Å². The van der Waals surface area contributed by atoms with E-state index < -0.39 is 5.41 Å². The zero-order chi connectivity index (χ0) is 16.4. The van der Waals surface area contributed by atoms with E-state index in [1.165, 1.54) is 0 Å². The second-order valence-corrected chi connectivity index (χ2v) is 6.40. The predicted octanol–water partition coefficient (Wildman–Crippen LogP) is 3.29. The first-order valence-electron chi connectivity index (χ1n) is 8.23. The molecule has 1 aliphatic rings. The molecular formula is C20H24N2O. The molecule has 3 nitrogen and oxygen atoms in total. The number of carbonyl (C=O) groups is 1. The number of carbonyl (C=O) groups excluding carboxylic acids is 1. The third-order valence-electron chi connectivity index (χ3n) is 4.83. The van der Waals surface area contributed by atoms with Crippen LogP contribution >= 0.6 is 0 Å². The van der Waals surface area contributed by atoms with E-state index in [-0.39, 0.29) is 5.91 Å². The molecule has 0 fully saturated rings. The number of hydrogen-bond donors (Lipinski definition) is 0. The van der Waals surface area contributed by atoms with Gasteiger partial charge in [-0.25, -0.2) is 0 Å². The fourth-order valence-corrected chi connectivity index (χ4v) is 3.59. The Hall–Kier alpha value is -2.13. The molecular weight excluding hydrogens is 284 g/mol. The molecule has 1 unspecified atom stereocenters. The van der Waals surface area contributed by atoms with Gasteiger partial charge in [0.05, 0.1) is 0 Å². The lowest BCUT2D eigenvalue weighted by Crippen LogP contribution is -2.43. The van der Waals surface area contributed by atoms with Crippen molar-refractivity contribution < 1.29 is 4.79 Å². The number of rotatable bonds is 5. The van der Waals surface area contributed by atoms with Crippen LogP contribution < -0.4 is 4.90 Å². The molecule has 23 heavy (non-hydrogen) atoms. The van der Waals surface area contributed by atoms with Crippen molar-refractivity contribution in [2.45, 2.75) is 18.8 Å². The molecule has 0 bridgehead atoms. The second-order valence-electron chi connectivity index (χ2n) is 6.40. The van der Waals surface area contributed by atoms with E-state index in [2.05, 4.69) is 36.1 Å². The fraction of sp³-hybridized carbons (Fsp3) is 0.350. The van der Waals surface area contributed by atoms with Crippen LogP contribution in [0.25, 0.3) is 0 Å². The smallest absolute Gasteiger partial charge is 0.242 e. The first kappa shape index (κ1) is 15.8. The third-order valence-corrected chi connectivity index (χ3v) is 4.83. The average molecular weight is 308 g/mol. The standard InChI is InChI=1S/C20H24N2O/c1-4-20(16-10-6-5-7-11-16)17-12-8-9-13-18(17)22(19(20)23)15-14-21(2)3/h5-13H,4,14-15H2,1-3H3. The van der Waals surface area contributed by atoms with E-state index in [0.717, 1.165) is 36.3 Å². The Bertz CT molecular complexity index is 696. The summed E-state index contributed by atoms with van der Waals surface area (Å²) in [5.41, 5.74) is 2.74. The van der Waals surface area contributed by atoms with Crippen LogP contribution in [0.15, 0.2) is 54.6 Å². The molecule has 0 aliphatic carbocycles. The highest BCUT2D eigenvalue weighted by atomic mass is 16.2. The van der Waals surface area contributed by atoms with Crippen molar-refractivity contribution in [1.29, 1.82) is 0 Å². The van der Waals surface area contributed by atoms with Gasteiger partial charge in [-0.2, -0.15) is 0 Å². The first-order valence-corrected chi connectivity index (χ1v) is 8.23. The van der Waals surface area contributed by atoms with Crippen LogP contribution in [0, 0.1) is 0 Å². The molecule has 1 heterocycles. The molecule has 0 saturated carbocycles. The summed E-state index contributed by atoms with van der Waals surface area (Å²) in [6.45, 7) is 3.68. The van der Waals surface area contributed by atoms with Gasteiger partial charge < -0.3 is 9.80 Å². The van der Waals surface area contributed by atoms with E-state index in [0.29, 0.717) is 0 Å². The molecule has 3 heteroatoms. The van der Waals surface area contributed by atoms with Crippen molar-refractivity contribution in [3.63, 3.8) is 0 Å². The van der Waals surface area contributed by atoms with E-state index in [9.17, 15) is 4.79 Å². The minimum Gasteiger partial charge on any atom is -0.310 e. The maximum absolute atomic E-state index is 13.4. The monoisotopic (exact) mass is 308 g/mol. The highest BCUT2D eigenvalue weighted by Crippen LogP contribution is 2.47. The van der Waals surface area contributed by atoms with Crippen molar-refractivity contribution in [3.05, 3.63) is 65.7 Å². The molecule has 1 amide bonds. The molecule has 120 valence electrons. The molecule has 0 saturated heterocycles. The van der Waals surface area contributed by atoms with Crippen molar-refractivity contribution >= 4 is 11.6 Å². The number of benzene rings is 2. The van der Waals surface area contributed by atoms with Crippen LogP contribution in [0.4, 0.5) is 5.69 Å². The molecule has 2 aromatic rings. The molecule has 0 aromatic heterocycles. The van der Waals surface area contributed by atoms with Gasteiger partial charge in [-0.05, 0) is 37.7 Å². The molecule has 0 radical (unpaired) electrons. The van der Waals surface area contributed by atoms with Crippen molar-refractivity contribution in [3.8, 4) is 0 Å². The fourth-order valence-electron chi connectivity index (χ4n) is 3.59. The van der Waals surface area contributed by atoms with E-state index >= 15 is 0 Å². The number of anilines is 1. The van der Waals surface area contributed by atoms with Gasteiger partial charge in [-0.1, -0.05) is 55.5 Å². The Labute approximate surface area is 138 Å². The SMILES string of the molecule is CCC1(c2ccccc2)C(=O)N(CCN(C)C)c2ccccc21. The normalized spacial score (nSPS) is 20.2. The number of amides is 1. The second kappa shape index (κ2) is 6.17. The number of para-hydroxylation sites is 1. The van der Waals surface area contributed by atoms with Crippen molar-refractivity contribution in [2.75, 3.05) is 32.1 Å². The largest absolute Gasteiger partial charge is 0.310 e. The van der Waals surface area contributed by atoms with Gasteiger partial charge >= 0.3 is 0 Å². The average Bonchev–Trinajstić information content (AvgIpc) is 2.82. The maximum atomic E-state index is 13.4. The summed E-state index contributed by atoms with van der Waals surface area (Å²) in [7, 11) is 4.08. The minimum atomic E-state index is -0.551. The highest BCUT2D eigenvalue weighted by Gasteiger charge is 2.50. The Kier molecular flexibility index (Phi) is 4.22. The lowest BCUT2D eigenvalue weighted by Gasteiger charge is -2.28. The van der Waals surface area contributed by atoms with Gasteiger partial charge in [0, 0.05) is 18.8 Å².